The Hall–Kier alpha value is -1.66. The van der Waals surface area contributed by atoms with Crippen molar-refractivity contribution in [3.05, 3.63) is 30.9 Å². The molecule has 1 aromatic heterocycles. The third-order valence-electron chi connectivity index (χ3n) is 5.36. The molecular weight excluding hydrogens is 304 g/mol. The van der Waals surface area contributed by atoms with Crippen LogP contribution in [0.2, 0.25) is 0 Å². The quantitative estimate of drug-likeness (QED) is 0.580. The Morgan fingerprint density at radius 2 is 2.38 bits per heavy atom. The summed E-state index contributed by atoms with van der Waals surface area (Å²) in [5, 5.41) is 3.42. The largest absolute Gasteiger partial charge is 0.368 e. The summed E-state index contributed by atoms with van der Waals surface area (Å²) in [6, 6.07) is 0.321. The third kappa shape index (κ3) is 3.54. The number of rotatable bonds is 8. The smallest absolute Gasteiger partial charge is 0.249 e. The van der Waals surface area contributed by atoms with E-state index in [0.29, 0.717) is 24.6 Å². The first-order chi connectivity index (χ1) is 11.7. The molecule has 132 valence electrons. The summed E-state index contributed by atoms with van der Waals surface area (Å²) in [5.74, 6) is 1.01. The van der Waals surface area contributed by atoms with Gasteiger partial charge in [0, 0.05) is 25.0 Å². The van der Waals surface area contributed by atoms with Crippen molar-refractivity contribution in [3.8, 4) is 0 Å². The molecule has 1 N–H and O–H groups in total. The minimum absolute atomic E-state index is 0.0583. The lowest BCUT2D eigenvalue weighted by Crippen LogP contribution is -2.41. The van der Waals surface area contributed by atoms with Crippen molar-refractivity contribution in [1.29, 1.82) is 0 Å². The average molecular weight is 332 g/mol. The number of carbonyl (C=O) groups excluding carboxylic acids is 1. The van der Waals surface area contributed by atoms with E-state index in [2.05, 4.69) is 28.4 Å². The summed E-state index contributed by atoms with van der Waals surface area (Å²) in [5.41, 5.74) is 0.309. The fraction of sp³-hybridized carbons (Fsp3) is 0.667. The molecule has 6 heteroatoms. The van der Waals surface area contributed by atoms with Crippen molar-refractivity contribution in [2.24, 2.45) is 5.41 Å². The highest BCUT2D eigenvalue weighted by Crippen LogP contribution is 2.56. The Labute approximate surface area is 143 Å². The van der Waals surface area contributed by atoms with Gasteiger partial charge in [0.2, 0.25) is 5.91 Å². The summed E-state index contributed by atoms with van der Waals surface area (Å²) in [7, 11) is 0. The third-order valence-corrected chi connectivity index (χ3v) is 5.36. The number of hydrogen-bond acceptors (Lipinski definition) is 4. The van der Waals surface area contributed by atoms with E-state index in [9.17, 15) is 4.79 Å². The van der Waals surface area contributed by atoms with Gasteiger partial charge in [-0.05, 0) is 44.7 Å². The number of amides is 1. The molecule has 1 unspecified atom stereocenters. The molecule has 3 rings (SSSR count). The van der Waals surface area contributed by atoms with Crippen LogP contribution in [0.15, 0.2) is 25.0 Å². The standard InChI is InChI=1S/C18H28N4O2/c1-3-11-24-14-17(23)22(13-16-20-9-10-21(16)4-2)15-12-18(15)5-7-19-8-6-18/h3,9-10,15,19H,1,4-8,11-14H2,2H3. The number of aromatic nitrogens is 2. The number of ether oxygens (including phenoxy) is 1. The van der Waals surface area contributed by atoms with Gasteiger partial charge in [-0.2, -0.15) is 0 Å². The van der Waals surface area contributed by atoms with Crippen LogP contribution in [0.1, 0.15) is 32.0 Å². The van der Waals surface area contributed by atoms with Crippen molar-refractivity contribution in [2.45, 2.75) is 45.3 Å². The number of nitrogens with one attached hydrogen (secondary N) is 1. The second-order valence-corrected chi connectivity index (χ2v) is 6.79. The van der Waals surface area contributed by atoms with Crippen LogP contribution in [0.25, 0.3) is 0 Å². The Morgan fingerprint density at radius 3 is 3.08 bits per heavy atom. The lowest BCUT2D eigenvalue weighted by atomic mass is 9.93. The van der Waals surface area contributed by atoms with Crippen molar-refractivity contribution in [2.75, 3.05) is 26.3 Å². The second-order valence-electron chi connectivity index (χ2n) is 6.79. The molecule has 2 aliphatic rings. The number of carbonyl (C=O) groups is 1. The predicted octanol–water partition coefficient (Wildman–Crippen LogP) is 1.58. The number of hydrogen-bond donors (Lipinski definition) is 1. The van der Waals surface area contributed by atoms with Gasteiger partial charge < -0.3 is 19.5 Å². The molecule has 1 amide bonds. The van der Waals surface area contributed by atoms with E-state index in [1.54, 1.807) is 6.08 Å². The zero-order chi connectivity index (χ0) is 17.0. The molecule has 1 aliphatic carbocycles. The first kappa shape index (κ1) is 17.2. The van der Waals surface area contributed by atoms with Gasteiger partial charge in [-0.1, -0.05) is 6.08 Å². The summed E-state index contributed by atoms with van der Waals surface area (Å²) in [6.07, 6.45) is 8.86. The molecule has 1 spiro atoms. The molecule has 1 atom stereocenters. The fourth-order valence-electron chi connectivity index (χ4n) is 3.85. The molecule has 0 radical (unpaired) electrons. The second kappa shape index (κ2) is 7.49. The lowest BCUT2D eigenvalue weighted by Gasteiger charge is -2.29. The van der Waals surface area contributed by atoms with Gasteiger partial charge in [-0.15, -0.1) is 6.58 Å². The van der Waals surface area contributed by atoms with Gasteiger partial charge in [0.1, 0.15) is 12.4 Å². The maximum Gasteiger partial charge on any atom is 0.249 e. The number of nitrogens with zero attached hydrogens (tertiary/aromatic N) is 3. The van der Waals surface area contributed by atoms with Gasteiger partial charge in [-0.25, -0.2) is 4.98 Å². The van der Waals surface area contributed by atoms with Crippen LogP contribution >= 0.6 is 0 Å². The highest BCUT2D eigenvalue weighted by atomic mass is 16.5. The Bertz CT molecular complexity index is 577. The minimum atomic E-state index is 0.0583. The molecule has 24 heavy (non-hydrogen) atoms. The van der Waals surface area contributed by atoms with Crippen molar-refractivity contribution < 1.29 is 9.53 Å². The van der Waals surface area contributed by atoms with Crippen molar-refractivity contribution >= 4 is 5.91 Å². The van der Waals surface area contributed by atoms with Crippen LogP contribution in [0.3, 0.4) is 0 Å². The van der Waals surface area contributed by atoms with Gasteiger partial charge in [-0.3, -0.25) is 4.79 Å². The van der Waals surface area contributed by atoms with Gasteiger partial charge in [0.15, 0.2) is 0 Å². The highest BCUT2D eigenvalue weighted by molar-refractivity contribution is 5.78. The summed E-state index contributed by atoms with van der Waals surface area (Å²) >= 11 is 0. The summed E-state index contributed by atoms with van der Waals surface area (Å²) in [6.45, 7) is 9.78. The zero-order valence-corrected chi connectivity index (χ0v) is 14.5. The van der Waals surface area contributed by atoms with Crippen LogP contribution in [-0.2, 0) is 22.6 Å². The Morgan fingerprint density at radius 1 is 1.58 bits per heavy atom. The van der Waals surface area contributed by atoms with Crippen LogP contribution in [-0.4, -0.2) is 52.7 Å². The topological polar surface area (TPSA) is 59.4 Å². The van der Waals surface area contributed by atoms with Crippen molar-refractivity contribution in [3.63, 3.8) is 0 Å². The molecule has 2 fully saturated rings. The van der Waals surface area contributed by atoms with Crippen molar-refractivity contribution in [1.82, 2.24) is 19.8 Å². The molecule has 1 saturated carbocycles. The molecular formula is C18H28N4O2. The number of aryl methyl sites for hydroxylation is 1. The van der Waals surface area contributed by atoms with E-state index in [1.807, 2.05) is 17.3 Å². The van der Waals surface area contributed by atoms with E-state index in [0.717, 1.165) is 44.7 Å². The van der Waals surface area contributed by atoms with Crippen LogP contribution in [0.5, 0.6) is 0 Å². The van der Waals surface area contributed by atoms with Gasteiger partial charge in [0.05, 0.1) is 13.2 Å². The van der Waals surface area contributed by atoms with E-state index in [4.69, 9.17) is 4.74 Å². The number of piperidine rings is 1. The predicted molar refractivity (Wildman–Crippen MR) is 92.4 cm³/mol. The zero-order valence-electron chi connectivity index (χ0n) is 14.5. The Balaban J connectivity index is 1.71. The van der Waals surface area contributed by atoms with Crippen LogP contribution < -0.4 is 5.32 Å². The van der Waals surface area contributed by atoms with E-state index >= 15 is 0 Å². The number of imidazole rings is 1. The summed E-state index contributed by atoms with van der Waals surface area (Å²) in [4.78, 5) is 19.2. The first-order valence-corrected chi connectivity index (χ1v) is 8.89. The monoisotopic (exact) mass is 332 g/mol. The average Bonchev–Trinajstić information content (AvgIpc) is 3.07. The molecule has 6 nitrogen and oxygen atoms in total. The maximum absolute atomic E-state index is 12.8. The normalized spacial score (nSPS) is 21.6. The minimum Gasteiger partial charge on any atom is -0.368 e. The molecule has 1 saturated heterocycles. The van der Waals surface area contributed by atoms with E-state index < -0.39 is 0 Å². The molecule has 1 aromatic rings. The molecule has 1 aliphatic heterocycles. The summed E-state index contributed by atoms with van der Waals surface area (Å²) < 4.78 is 7.51. The maximum atomic E-state index is 12.8. The Kier molecular flexibility index (Phi) is 5.36. The van der Waals surface area contributed by atoms with E-state index in [1.165, 1.54) is 0 Å². The first-order valence-electron chi connectivity index (χ1n) is 8.89. The highest BCUT2D eigenvalue weighted by Gasteiger charge is 2.57. The lowest BCUT2D eigenvalue weighted by molar-refractivity contribution is -0.137. The SMILES string of the molecule is C=CCOCC(=O)N(Cc1nccn1CC)C1CC12CCNCC2. The molecule has 0 aromatic carbocycles. The van der Waals surface area contributed by atoms with Gasteiger partial charge in [0.25, 0.3) is 0 Å². The van der Waals surface area contributed by atoms with Crippen LogP contribution in [0, 0.1) is 5.41 Å². The molecule has 0 bridgehead atoms. The molecule has 2 heterocycles. The van der Waals surface area contributed by atoms with E-state index in [-0.39, 0.29) is 12.5 Å². The van der Waals surface area contributed by atoms with Crippen LogP contribution in [0.4, 0.5) is 0 Å². The van der Waals surface area contributed by atoms with Gasteiger partial charge >= 0.3 is 0 Å². The fourth-order valence-corrected chi connectivity index (χ4v) is 3.85.